The molecule has 0 heterocycles. The van der Waals surface area contributed by atoms with Gasteiger partial charge in [0.1, 0.15) is 11.8 Å². The van der Waals surface area contributed by atoms with Crippen LogP contribution < -0.4 is 10.1 Å². The summed E-state index contributed by atoms with van der Waals surface area (Å²) in [6.45, 7) is 1.94. The second-order valence-electron chi connectivity index (χ2n) is 9.52. The molecule has 2 amide bonds. The molecule has 7 heteroatoms. The Hall–Kier alpha value is -3.02. The quantitative estimate of drug-likeness (QED) is 0.325. The van der Waals surface area contributed by atoms with E-state index in [4.69, 9.17) is 27.9 Å². The summed E-state index contributed by atoms with van der Waals surface area (Å²) in [5, 5.41) is 4.04. The Bertz CT molecular complexity index is 1210. The zero-order valence-corrected chi connectivity index (χ0v) is 22.5. The number of nitrogens with one attached hydrogen (secondary N) is 1. The third-order valence-electron chi connectivity index (χ3n) is 6.75. The highest BCUT2D eigenvalue weighted by Crippen LogP contribution is 2.25. The van der Waals surface area contributed by atoms with Crippen LogP contribution in [-0.4, -0.2) is 35.4 Å². The molecule has 1 atom stereocenters. The van der Waals surface area contributed by atoms with Crippen molar-refractivity contribution in [2.75, 3.05) is 6.61 Å². The number of amides is 2. The number of carbonyl (C=O) groups is 2. The molecule has 0 unspecified atom stereocenters. The van der Waals surface area contributed by atoms with E-state index in [1.165, 1.54) is 0 Å². The van der Waals surface area contributed by atoms with Gasteiger partial charge in [0, 0.05) is 19.0 Å². The van der Waals surface area contributed by atoms with Crippen LogP contribution in [0.15, 0.2) is 72.8 Å². The van der Waals surface area contributed by atoms with E-state index in [0.717, 1.165) is 42.4 Å². The summed E-state index contributed by atoms with van der Waals surface area (Å²) in [4.78, 5) is 29.0. The summed E-state index contributed by atoms with van der Waals surface area (Å²) in [6, 6.07) is 22.0. The molecule has 0 spiro atoms. The molecule has 1 saturated carbocycles. The summed E-state index contributed by atoms with van der Waals surface area (Å²) < 4.78 is 5.90. The summed E-state index contributed by atoms with van der Waals surface area (Å²) in [5.74, 6) is 0.206. The van der Waals surface area contributed by atoms with E-state index >= 15 is 0 Å². The third-order valence-corrected chi connectivity index (χ3v) is 7.49. The van der Waals surface area contributed by atoms with Gasteiger partial charge in [-0.25, -0.2) is 0 Å². The van der Waals surface area contributed by atoms with Gasteiger partial charge in [-0.2, -0.15) is 0 Å². The van der Waals surface area contributed by atoms with Crippen LogP contribution in [0.1, 0.15) is 42.4 Å². The Kier molecular flexibility index (Phi) is 9.48. The number of hydrogen-bond acceptors (Lipinski definition) is 3. The van der Waals surface area contributed by atoms with E-state index in [-0.39, 0.29) is 31.0 Å². The molecule has 3 aromatic carbocycles. The molecule has 1 aliphatic carbocycles. The predicted molar refractivity (Wildman–Crippen MR) is 148 cm³/mol. The highest BCUT2D eigenvalue weighted by molar-refractivity contribution is 6.42. The summed E-state index contributed by atoms with van der Waals surface area (Å²) in [7, 11) is 0. The second kappa shape index (κ2) is 13.0. The van der Waals surface area contributed by atoms with Gasteiger partial charge in [-0.1, -0.05) is 90.6 Å². The molecule has 0 bridgehead atoms. The maximum Gasteiger partial charge on any atom is 0.261 e. The molecule has 4 rings (SSSR count). The molecule has 1 fully saturated rings. The second-order valence-corrected chi connectivity index (χ2v) is 10.3. The lowest BCUT2D eigenvalue weighted by molar-refractivity contribution is -0.143. The molecule has 0 saturated heterocycles. The normalized spacial score (nSPS) is 14.2. The van der Waals surface area contributed by atoms with E-state index in [2.05, 4.69) is 5.32 Å². The maximum atomic E-state index is 13.7. The van der Waals surface area contributed by atoms with Crippen LogP contribution >= 0.6 is 23.2 Å². The molecular weight excluding hydrogens is 507 g/mol. The Labute approximate surface area is 228 Å². The average Bonchev–Trinajstić information content (AvgIpc) is 3.41. The molecule has 5 nitrogen and oxygen atoms in total. The van der Waals surface area contributed by atoms with Crippen molar-refractivity contribution in [1.82, 2.24) is 10.2 Å². The zero-order valence-electron chi connectivity index (χ0n) is 21.0. The number of rotatable bonds is 10. The van der Waals surface area contributed by atoms with Crippen LogP contribution in [0.4, 0.5) is 0 Å². The number of para-hydroxylation sites is 1. The maximum absolute atomic E-state index is 13.7. The first kappa shape index (κ1) is 27.0. The Morgan fingerprint density at radius 1 is 0.946 bits per heavy atom. The molecule has 0 aromatic heterocycles. The molecular formula is C30H32Cl2N2O3. The molecule has 0 radical (unpaired) electrons. The standard InChI is InChI=1S/C30H32Cl2N2O3/c1-21-9-5-8-14-28(21)37-20-29(35)34(19-23-15-16-25(31)26(32)17-23)27(18-22-10-3-2-4-11-22)30(36)33-24-12-6-7-13-24/h2-5,8-11,14-17,24,27H,6-7,12-13,18-20H2,1H3,(H,33,36)/t27-/m1/s1. The lowest BCUT2D eigenvalue weighted by Crippen LogP contribution is -2.53. The van der Waals surface area contributed by atoms with Gasteiger partial charge < -0.3 is 15.0 Å². The SMILES string of the molecule is Cc1ccccc1OCC(=O)N(Cc1ccc(Cl)c(Cl)c1)[C@H](Cc1ccccc1)C(=O)NC1CCCC1. The molecule has 3 aromatic rings. The van der Waals surface area contributed by atoms with Crippen molar-refractivity contribution in [3.63, 3.8) is 0 Å². The van der Waals surface area contributed by atoms with Crippen molar-refractivity contribution in [2.24, 2.45) is 0 Å². The highest BCUT2D eigenvalue weighted by atomic mass is 35.5. The van der Waals surface area contributed by atoms with E-state index in [9.17, 15) is 9.59 Å². The highest BCUT2D eigenvalue weighted by Gasteiger charge is 2.32. The van der Waals surface area contributed by atoms with Crippen LogP contribution in [0, 0.1) is 6.92 Å². The number of halogens is 2. The first-order valence-corrected chi connectivity index (χ1v) is 13.4. The van der Waals surface area contributed by atoms with Crippen LogP contribution in [0.3, 0.4) is 0 Å². The minimum atomic E-state index is -0.717. The minimum Gasteiger partial charge on any atom is -0.484 e. The fourth-order valence-corrected chi connectivity index (χ4v) is 5.02. The summed E-state index contributed by atoms with van der Waals surface area (Å²) in [6.07, 6.45) is 4.51. The number of aryl methyl sites for hydroxylation is 1. The number of hydrogen-bond donors (Lipinski definition) is 1. The fraction of sp³-hybridized carbons (Fsp3) is 0.333. The van der Waals surface area contributed by atoms with Gasteiger partial charge in [-0.05, 0) is 54.7 Å². The number of benzene rings is 3. The smallest absolute Gasteiger partial charge is 0.261 e. The third kappa shape index (κ3) is 7.50. The molecule has 37 heavy (non-hydrogen) atoms. The first-order valence-electron chi connectivity index (χ1n) is 12.7. The minimum absolute atomic E-state index is 0.135. The van der Waals surface area contributed by atoms with Crippen molar-refractivity contribution in [3.05, 3.63) is 99.5 Å². The zero-order chi connectivity index (χ0) is 26.2. The predicted octanol–water partition coefficient (Wildman–Crippen LogP) is 6.38. The van der Waals surface area contributed by atoms with Crippen molar-refractivity contribution in [1.29, 1.82) is 0 Å². The largest absolute Gasteiger partial charge is 0.484 e. The Morgan fingerprint density at radius 3 is 2.35 bits per heavy atom. The summed E-state index contributed by atoms with van der Waals surface area (Å²) >= 11 is 12.4. The Balaban J connectivity index is 1.63. The van der Waals surface area contributed by atoms with Gasteiger partial charge >= 0.3 is 0 Å². The Morgan fingerprint density at radius 2 is 1.65 bits per heavy atom. The topological polar surface area (TPSA) is 58.6 Å². The van der Waals surface area contributed by atoms with Gasteiger partial charge in [0.2, 0.25) is 5.91 Å². The van der Waals surface area contributed by atoms with Crippen molar-refractivity contribution >= 4 is 35.0 Å². The van der Waals surface area contributed by atoms with Gasteiger partial charge in [0.15, 0.2) is 6.61 Å². The van der Waals surface area contributed by atoms with Crippen molar-refractivity contribution < 1.29 is 14.3 Å². The van der Waals surface area contributed by atoms with Crippen LogP contribution in [0.25, 0.3) is 0 Å². The van der Waals surface area contributed by atoms with Gasteiger partial charge in [0.05, 0.1) is 10.0 Å². The van der Waals surface area contributed by atoms with Gasteiger partial charge in [-0.15, -0.1) is 0 Å². The van der Waals surface area contributed by atoms with Crippen LogP contribution in [0.5, 0.6) is 5.75 Å². The monoisotopic (exact) mass is 538 g/mol. The van der Waals surface area contributed by atoms with Crippen molar-refractivity contribution in [3.8, 4) is 5.75 Å². The molecule has 1 N–H and O–H groups in total. The number of ether oxygens (including phenoxy) is 1. The van der Waals surface area contributed by atoms with E-state index in [1.807, 2.05) is 67.6 Å². The van der Waals surface area contributed by atoms with E-state index in [1.54, 1.807) is 17.0 Å². The lowest BCUT2D eigenvalue weighted by atomic mass is 10.0. The number of carbonyl (C=O) groups excluding carboxylic acids is 2. The van der Waals surface area contributed by atoms with Crippen molar-refractivity contribution in [2.45, 2.75) is 57.7 Å². The molecule has 194 valence electrons. The van der Waals surface area contributed by atoms with Gasteiger partial charge in [-0.3, -0.25) is 9.59 Å². The molecule has 1 aliphatic rings. The number of nitrogens with zero attached hydrogens (tertiary/aromatic N) is 1. The van der Waals surface area contributed by atoms with Crippen LogP contribution in [0.2, 0.25) is 10.0 Å². The van der Waals surface area contributed by atoms with Crippen LogP contribution in [-0.2, 0) is 22.6 Å². The van der Waals surface area contributed by atoms with E-state index in [0.29, 0.717) is 22.2 Å². The average molecular weight is 540 g/mol. The first-order chi connectivity index (χ1) is 17.9. The lowest BCUT2D eigenvalue weighted by Gasteiger charge is -2.32. The van der Waals surface area contributed by atoms with Gasteiger partial charge in [0.25, 0.3) is 5.91 Å². The fourth-order valence-electron chi connectivity index (χ4n) is 4.70. The van der Waals surface area contributed by atoms with E-state index < -0.39 is 6.04 Å². The molecule has 0 aliphatic heterocycles. The summed E-state index contributed by atoms with van der Waals surface area (Å²) in [5.41, 5.74) is 2.69.